The fourth-order valence-electron chi connectivity index (χ4n) is 2.80. The molecule has 0 aromatic heterocycles. The average Bonchev–Trinajstić information content (AvgIpc) is 2.83. The second-order valence-corrected chi connectivity index (χ2v) is 5.51. The fourth-order valence-corrected chi connectivity index (χ4v) is 2.80. The minimum atomic E-state index is -0.620. The first-order valence-electron chi connectivity index (χ1n) is 7.02. The van der Waals surface area contributed by atoms with Crippen molar-refractivity contribution in [2.75, 3.05) is 26.8 Å². The second-order valence-electron chi connectivity index (χ2n) is 5.51. The van der Waals surface area contributed by atoms with Gasteiger partial charge in [-0.2, -0.15) is 0 Å². The SMILES string of the molecule is CCC(C)N(CCOC)CC1(C(=O)O)CCCC1. The summed E-state index contributed by atoms with van der Waals surface area (Å²) in [4.78, 5) is 13.9. The lowest BCUT2D eigenvalue weighted by atomic mass is 9.85. The van der Waals surface area contributed by atoms with Gasteiger partial charge in [0.25, 0.3) is 0 Å². The van der Waals surface area contributed by atoms with Gasteiger partial charge in [-0.3, -0.25) is 9.69 Å². The summed E-state index contributed by atoms with van der Waals surface area (Å²) in [6.07, 6.45) is 4.78. The van der Waals surface area contributed by atoms with Gasteiger partial charge in [0.2, 0.25) is 0 Å². The minimum absolute atomic E-state index is 0.414. The van der Waals surface area contributed by atoms with Gasteiger partial charge >= 0.3 is 5.97 Å². The zero-order valence-corrected chi connectivity index (χ0v) is 11.9. The smallest absolute Gasteiger partial charge is 0.310 e. The van der Waals surface area contributed by atoms with Crippen molar-refractivity contribution in [2.24, 2.45) is 5.41 Å². The standard InChI is InChI=1S/C14H27NO3/c1-4-12(2)15(9-10-18-3)11-14(13(16)17)7-5-6-8-14/h12H,4-11H2,1-3H3,(H,16,17). The number of methoxy groups -OCH3 is 1. The topological polar surface area (TPSA) is 49.8 Å². The van der Waals surface area contributed by atoms with Gasteiger partial charge in [0.1, 0.15) is 0 Å². The predicted molar refractivity (Wildman–Crippen MR) is 71.7 cm³/mol. The molecule has 0 spiro atoms. The van der Waals surface area contributed by atoms with Crippen LogP contribution in [0.4, 0.5) is 0 Å². The molecule has 1 atom stereocenters. The van der Waals surface area contributed by atoms with Crippen LogP contribution >= 0.6 is 0 Å². The van der Waals surface area contributed by atoms with E-state index in [0.717, 1.165) is 38.6 Å². The first-order chi connectivity index (χ1) is 8.55. The Morgan fingerprint density at radius 2 is 2.06 bits per heavy atom. The van der Waals surface area contributed by atoms with Crippen molar-refractivity contribution in [3.05, 3.63) is 0 Å². The number of nitrogens with zero attached hydrogens (tertiary/aromatic N) is 1. The Balaban J connectivity index is 2.70. The van der Waals surface area contributed by atoms with Crippen LogP contribution < -0.4 is 0 Å². The molecule has 0 heterocycles. The summed E-state index contributed by atoms with van der Waals surface area (Å²) in [5, 5.41) is 9.53. The lowest BCUT2D eigenvalue weighted by molar-refractivity contribution is -0.150. The first kappa shape index (κ1) is 15.4. The summed E-state index contributed by atoms with van der Waals surface area (Å²) in [6.45, 7) is 6.47. The molecule has 1 unspecified atom stereocenters. The van der Waals surface area contributed by atoms with Crippen molar-refractivity contribution in [3.8, 4) is 0 Å². The third-order valence-corrected chi connectivity index (χ3v) is 4.32. The molecule has 0 saturated heterocycles. The third kappa shape index (κ3) is 3.69. The van der Waals surface area contributed by atoms with E-state index in [9.17, 15) is 9.90 Å². The molecule has 0 aliphatic heterocycles. The molecule has 4 heteroatoms. The highest BCUT2D eigenvalue weighted by molar-refractivity contribution is 5.75. The Hall–Kier alpha value is -0.610. The van der Waals surface area contributed by atoms with Crippen molar-refractivity contribution in [3.63, 3.8) is 0 Å². The van der Waals surface area contributed by atoms with Crippen LogP contribution in [-0.4, -0.2) is 48.8 Å². The molecule has 1 rings (SSSR count). The van der Waals surface area contributed by atoms with Crippen molar-refractivity contribution in [1.82, 2.24) is 4.90 Å². The Morgan fingerprint density at radius 3 is 2.50 bits per heavy atom. The van der Waals surface area contributed by atoms with E-state index in [1.807, 2.05) is 0 Å². The van der Waals surface area contributed by atoms with Crippen LogP contribution in [-0.2, 0) is 9.53 Å². The van der Waals surface area contributed by atoms with Crippen LogP contribution in [0.1, 0.15) is 46.0 Å². The van der Waals surface area contributed by atoms with E-state index >= 15 is 0 Å². The number of carbonyl (C=O) groups is 1. The normalized spacial score (nSPS) is 20.2. The van der Waals surface area contributed by atoms with Crippen LogP contribution in [0, 0.1) is 5.41 Å². The summed E-state index contributed by atoms with van der Waals surface area (Å²) in [7, 11) is 1.69. The van der Waals surface area contributed by atoms with Crippen molar-refractivity contribution in [1.29, 1.82) is 0 Å². The molecule has 1 saturated carbocycles. The van der Waals surface area contributed by atoms with E-state index in [1.54, 1.807) is 7.11 Å². The molecule has 1 N–H and O–H groups in total. The van der Waals surface area contributed by atoms with E-state index in [2.05, 4.69) is 18.7 Å². The highest BCUT2D eigenvalue weighted by Crippen LogP contribution is 2.39. The molecule has 106 valence electrons. The van der Waals surface area contributed by atoms with Gasteiger partial charge in [-0.15, -0.1) is 0 Å². The van der Waals surface area contributed by atoms with Gasteiger partial charge < -0.3 is 9.84 Å². The van der Waals surface area contributed by atoms with Gasteiger partial charge in [0, 0.05) is 26.2 Å². The molecule has 18 heavy (non-hydrogen) atoms. The lowest BCUT2D eigenvalue weighted by Gasteiger charge is -2.35. The largest absolute Gasteiger partial charge is 0.481 e. The third-order valence-electron chi connectivity index (χ3n) is 4.32. The summed E-state index contributed by atoms with van der Waals surface area (Å²) in [5.41, 5.74) is -0.517. The van der Waals surface area contributed by atoms with E-state index in [0.29, 0.717) is 19.2 Å². The number of hydrogen-bond acceptors (Lipinski definition) is 3. The zero-order chi connectivity index (χ0) is 13.6. The average molecular weight is 257 g/mol. The van der Waals surface area contributed by atoms with E-state index < -0.39 is 11.4 Å². The maximum absolute atomic E-state index is 11.6. The van der Waals surface area contributed by atoms with E-state index in [4.69, 9.17) is 4.74 Å². The van der Waals surface area contributed by atoms with Crippen LogP contribution in [0.25, 0.3) is 0 Å². The summed E-state index contributed by atoms with van der Waals surface area (Å²) < 4.78 is 5.14. The molecule has 0 bridgehead atoms. The molecule has 0 amide bonds. The van der Waals surface area contributed by atoms with Gasteiger partial charge in [-0.25, -0.2) is 0 Å². The Morgan fingerprint density at radius 1 is 1.44 bits per heavy atom. The quantitative estimate of drug-likeness (QED) is 0.725. The summed E-state index contributed by atoms with van der Waals surface area (Å²) in [6, 6.07) is 0.414. The van der Waals surface area contributed by atoms with Crippen LogP contribution in [0.5, 0.6) is 0 Å². The van der Waals surface area contributed by atoms with Crippen molar-refractivity contribution in [2.45, 2.75) is 52.0 Å². The van der Waals surface area contributed by atoms with Crippen LogP contribution in [0.15, 0.2) is 0 Å². The van der Waals surface area contributed by atoms with Gasteiger partial charge in [-0.1, -0.05) is 19.8 Å². The predicted octanol–water partition coefficient (Wildman–Crippen LogP) is 2.38. The molecule has 1 fully saturated rings. The summed E-state index contributed by atoms with van der Waals surface area (Å²) >= 11 is 0. The van der Waals surface area contributed by atoms with E-state index in [-0.39, 0.29) is 0 Å². The molecule has 4 nitrogen and oxygen atoms in total. The highest BCUT2D eigenvalue weighted by atomic mass is 16.5. The zero-order valence-electron chi connectivity index (χ0n) is 11.9. The minimum Gasteiger partial charge on any atom is -0.481 e. The fraction of sp³-hybridized carbons (Fsp3) is 0.929. The van der Waals surface area contributed by atoms with Gasteiger partial charge in [-0.05, 0) is 26.2 Å². The molecule has 0 aromatic carbocycles. The van der Waals surface area contributed by atoms with Gasteiger partial charge in [0.15, 0.2) is 0 Å². The molecular formula is C14H27NO3. The van der Waals surface area contributed by atoms with Gasteiger partial charge in [0.05, 0.1) is 12.0 Å². The lowest BCUT2D eigenvalue weighted by Crippen LogP contribution is -2.46. The molecule has 0 radical (unpaired) electrons. The molecular weight excluding hydrogens is 230 g/mol. The maximum atomic E-state index is 11.6. The first-order valence-corrected chi connectivity index (χ1v) is 7.02. The number of rotatable bonds is 8. The number of hydrogen-bond donors (Lipinski definition) is 1. The number of ether oxygens (including phenoxy) is 1. The maximum Gasteiger partial charge on any atom is 0.310 e. The summed E-state index contributed by atoms with van der Waals surface area (Å²) in [5.74, 6) is -0.620. The Labute approximate surface area is 110 Å². The highest BCUT2D eigenvalue weighted by Gasteiger charge is 2.42. The second kappa shape index (κ2) is 7.10. The van der Waals surface area contributed by atoms with Crippen molar-refractivity contribution >= 4 is 5.97 Å². The van der Waals surface area contributed by atoms with Crippen molar-refractivity contribution < 1.29 is 14.6 Å². The molecule has 1 aliphatic rings. The van der Waals surface area contributed by atoms with Crippen LogP contribution in [0.2, 0.25) is 0 Å². The Kier molecular flexibility index (Phi) is 6.09. The number of aliphatic carboxylic acids is 1. The van der Waals surface area contributed by atoms with Crippen LogP contribution in [0.3, 0.4) is 0 Å². The monoisotopic (exact) mass is 257 g/mol. The molecule has 0 aromatic rings. The number of carboxylic acid groups (broad SMARTS) is 1. The Bertz CT molecular complexity index is 262. The molecule has 1 aliphatic carbocycles. The number of carboxylic acids is 1. The van der Waals surface area contributed by atoms with E-state index in [1.165, 1.54) is 0 Å².